The van der Waals surface area contributed by atoms with E-state index in [1.807, 2.05) is 20.0 Å². The van der Waals surface area contributed by atoms with Crippen LogP contribution in [0.2, 0.25) is 0 Å². The molecular weight excluding hydrogens is 204 g/mol. The summed E-state index contributed by atoms with van der Waals surface area (Å²) in [5.41, 5.74) is 0. The molecule has 5 nitrogen and oxygen atoms in total. The number of hydrogen-bond donors (Lipinski definition) is 3. The van der Waals surface area contributed by atoms with Crippen LogP contribution in [0.4, 0.5) is 11.6 Å². The van der Waals surface area contributed by atoms with Gasteiger partial charge in [-0.25, -0.2) is 9.97 Å². The van der Waals surface area contributed by atoms with E-state index < -0.39 is 0 Å². The van der Waals surface area contributed by atoms with Crippen molar-refractivity contribution in [3.8, 4) is 0 Å². The molecule has 0 amide bonds. The van der Waals surface area contributed by atoms with Crippen molar-refractivity contribution in [3.05, 3.63) is 11.9 Å². The van der Waals surface area contributed by atoms with Gasteiger partial charge in [-0.1, -0.05) is 0 Å². The van der Waals surface area contributed by atoms with Gasteiger partial charge in [0.05, 0.1) is 6.10 Å². The molecule has 1 heterocycles. The predicted octanol–water partition coefficient (Wildman–Crippen LogP) is 1.01. The van der Waals surface area contributed by atoms with Crippen molar-refractivity contribution >= 4 is 11.6 Å². The summed E-state index contributed by atoms with van der Waals surface area (Å²) in [5.74, 6) is 2.99. The Morgan fingerprint density at radius 2 is 2.06 bits per heavy atom. The zero-order chi connectivity index (χ0) is 11.5. The summed E-state index contributed by atoms with van der Waals surface area (Å²) in [6, 6.07) is 1.89. The van der Waals surface area contributed by atoms with Gasteiger partial charge >= 0.3 is 0 Å². The van der Waals surface area contributed by atoms with Gasteiger partial charge in [0.2, 0.25) is 0 Å². The number of aliphatic hydroxyl groups is 1. The third kappa shape index (κ3) is 2.61. The summed E-state index contributed by atoms with van der Waals surface area (Å²) in [6.45, 7) is 2.75. The molecule has 5 heteroatoms. The molecule has 0 unspecified atom stereocenters. The summed E-state index contributed by atoms with van der Waals surface area (Å²) < 4.78 is 0. The molecule has 1 fully saturated rings. The Labute approximate surface area is 95.3 Å². The Morgan fingerprint density at radius 1 is 1.38 bits per heavy atom. The van der Waals surface area contributed by atoms with Crippen LogP contribution < -0.4 is 10.6 Å². The molecule has 0 spiro atoms. The Balaban J connectivity index is 1.90. The topological polar surface area (TPSA) is 70.1 Å². The second-order valence-electron chi connectivity index (χ2n) is 4.31. The highest BCUT2D eigenvalue weighted by atomic mass is 16.3. The van der Waals surface area contributed by atoms with Crippen LogP contribution in [-0.2, 0) is 0 Å². The fraction of sp³-hybridized carbons (Fsp3) is 0.636. The molecular formula is C11H18N4O. The molecule has 1 aliphatic rings. The average Bonchev–Trinajstić information content (AvgIpc) is 2.22. The fourth-order valence-electron chi connectivity index (χ4n) is 1.90. The summed E-state index contributed by atoms with van der Waals surface area (Å²) in [7, 11) is 1.84. The highest BCUT2D eigenvalue weighted by Crippen LogP contribution is 2.27. The van der Waals surface area contributed by atoms with Crippen LogP contribution in [0.1, 0.15) is 18.7 Å². The van der Waals surface area contributed by atoms with Gasteiger partial charge in [-0.15, -0.1) is 0 Å². The first-order chi connectivity index (χ1) is 7.67. The lowest BCUT2D eigenvalue weighted by Crippen LogP contribution is -2.33. The van der Waals surface area contributed by atoms with E-state index in [0.29, 0.717) is 5.92 Å². The SMILES string of the molecule is CNc1cc(NCC2CC(O)C2)nc(C)n1. The van der Waals surface area contributed by atoms with Gasteiger partial charge in [0.1, 0.15) is 17.5 Å². The molecule has 0 atom stereocenters. The minimum atomic E-state index is -0.0909. The number of nitrogens with zero attached hydrogens (tertiary/aromatic N) is 2. The van der Waals surface area contributed by atoms with Crippen LogP contribution in [0, 0.1) is 12.8 Å². The van der Waals surface area contributed by atoms with E-state index in [4.69, 9.17) is 0 Å². The standard InChI is InChI=1S/C11H18N4O/c1-7-14-10(12-2)5-11(15-7)13-6-8-3-9(16)4-8/h5,8-9,16H,3-4,6H2,1-2H3,(H2,12,13,14,15). The molecule has 1 aromatic rings. The van der Waals surface area contributed by atoms with E-state index in [1.165, 1.54) is 0 Å². The Hall–Kier alpha value is -1.36. The highest BCUT2D eigenvalue weighted by molar-refractivity contribution is 5.47. The third-order valence-corrected chi connectivity index (χ3v) is 2.88. The van der Waals surface area contributed by atoms with Crippen molar-refractivity contribution in [2.75, 3.05) is 24.2 Å². The Morgan fingerprint density at radius 3 is 2.69 bits per heavy atom. The first-order valence-electron chi connectivity index (χ1n) is 5.62. The van der Waals surface area contributed by atoms with Crippen LogP contribution in [0.3, 0.4) is 0 Å². The first kappa shape index (κ1) is 11.1. The zero-order valence-corrected chi connectivity index (χ0v) is 9.70. The Bertz CT molecular complexity index is 363. The number of aliphatic hydroxyl groups excluding tert-OH is 1. The molecule has 1 aromatic heterocycles. The van der Waals surface area contributed by atoms with Gasteiger partial charge in [0.25, 0.3) is 0 Å². The number of anilines is 2. The molecule has 1 saturated carbocycles. The second-order valence-corrected chi connectivity index (χ2v) is 4.31. The predicted molar refractivity (Wildman–Crippen MR) is 63.5 cm³/mol. The van der Waals surface area contributed by atoms with Gasteiger partial charge in [-0.05, 0) is 25.7 Å². The summed E-state index contributed by atoms with van der Waals surface area (Å²) in [5, 5.41) is 15.5. The quantitative estimate of drug-likeness (QED) is 0.709. The lowest BCUT2D eigenvalue weighted by Gasteiger charge is -2.31. The zero-order valence-electron chi connectivity index (χ0n) is 9.70. The van der Waals surface area contributed by atoms with Crippen LogP contribution in [0.25, 0.3) is 0 Å². The van der Waals surface area contributed by atoms with Crippen molar-refractivity contribution in [3.63, 3.8) is 0 Å². The smallest absolute Gasteiger partial charge is 0.131 e. The number of nitrogens with one attached hydrogen (secondary N) is 2. The van der Waals surface area contributed by atoms with Gasteiger partial charge in [-0.2, -0.15) is 0 Å². The monoisotopic (exact) mass is 222 g/mol. The second kappa shape index (κ2) is 4.65. The molecule has 0 bridgehead atoms. The number of aromatic nitrogens is 2. The van der Waals surface area contributed by atoms with Crippen LogP contribution in [-0.4, -0.2) is 34.8 Å². The maximum atomic E-state index is 9.18. The van der Waals surface area contributed by atoms with Crippen LogP contribution >= 0.6 is 0 Å². The third-order valence-electron chi connectivity index (χ3n) is 2.88. The number of rotatable bonds is 4. The van der Waals surface area contributed by atoms with E-state index in [-0.39, 0.29) is 6.10 Å². The molecule has 0 saturated heterocycles. The molecule has 0 aromatic carbocycles. The molecule has 2 rings (SSSR count). The van der Waals surface area contributed by atoms with E-state index in [1.54, 1.807) is 0 Å². The maximum absolute atomic E-state index is 9.18. The van der Waals surface area contributed by atoms with Crippen molar-refractivity contribution < 1.29 is 5.11 Å². The lowest BCUT2D eigenvalue weighted by atomic mass is 9.82. The molecule has 3 N–H and O–H groups in total. The number of aryl methyl sites for hydroxylation is 1. The van der Waals surface area contributed by atoms with Crippen molar-refractivity contribution in [2.45, 2.75) is 25.9 Å². The van der Waals surface area contributed by atoms with Gasteiger partial charge in [0.15, 0.2) is 0 Å². The maximum Gasteiger partial charge on any atom is 0.131 e. The summed E-state index contributed by atoms with van der Waals surface area (Å²) in [4.78, 5) is 8.53. The molecule has 0 aliphatic heterocycles. The number of hydrogen-bond acceptors (Lipinski definition) is 5. The first-order valence-corrected chi connectivity index (χ1v) is 5.62. The van der Waals surface area contributed by atoms with Crippen LogP contribution in [0.5, 0.6) is 0 Å². The van der Waals surface area contributed by atoms with Crippen molar-refractivity contribution in [2.24, 2.45) is 5.92 Å². The normalized spacial score (nSPS) is 23.7. The molecule has 0 radical (unpaired) electrons. The van der Waals surface area contributed by atoms with Crippen molar-refractivity contribution in [1.82, 2.24) is 9.97 Å². The minimum absolute atomic E-state index is 0.0909. The summed E-state index contributed by atoms with van der Waals surface area (Å²) >= 11 is 0. The van der Waals surface area contributed by atoms with E-state index >= 15 is 0 Å². The Kier molecular flexibility index (Phi) is 3.24. The van der Waals surface area contributed by atoms with Crippen LogP contribution in [0.15, 0.2) is 6.07 Å². The average molecular weight is 222 g/mol. The molecule has 16 heavy (non-hydrogen) atoms. The van der Waals surface area contributed by atoms with E-state index in [9.17, 15) is 5.11 Å². The van der Waals surface area contributed by atoms with E-state index in [2.05, 4.69) is 20.6 Å². The lowest BCUT2D eigenvalue weighted by molar-refractivity contribution is 0.0486. The highest BCUT2D eigenvalue weighted by Gasteiger charge is 2.26. The summed E-state index contributed by atoms with van der Waals surface area (Å²) in [6.07, 6.45) is 1.71. The van der Waals surface area contributed by atoms with Gasteiger partial charge in [-0.3, -0.25) is 0 Å². The molecule has 1 aliphatic carbocycles. The fourth-order valence-corrected chi connectivity index (χ4v) is 1.90. The van der Waals surface area contributed by atoms with E-state index in [0.717, 1.165) is 36.8 Å². The van der Waals surface area contributed by atoms with Gasteiger partial charge in [0, 0.05) is 19.7 Å². The minimum Gasteiger partial charge on any atom is -0.393 e. The van der Waals surface area contributed by atoms with Gasteiger partial charge < -0.3 is 15.7 Å². The largest absolute Gasteiger partial charge is 0.393 e. The molecule has 88 valence electrons. The van der Waals surface area contributed by atoms with Crippen molar-refractivity contribution in [1.29, 1.82) is 0 Å².